The van der Waals surface area contributed by atoms with Crippen LogP contribution in [0.1, 0.15) is 70.0 Å². The summed E-state index contributed by atoms with van der Waals surface area (Å²) in [5, 5.41) is 10.8. The Kier molecular flexibility index (Phi) is 8.50. The van der Waals surface area contributed by atoms with Crippen LogP contribution in [-0.4, -0.2) is 31.4 Å². The van der Waals surface area contributed by atoms with Crippen molar-refractivity contribution >= 4 is 46.1 Å². The highest BCUT2D eigenvalue weighted by Gasteiger charge is 2.24. The van der Waals surface area contributed by atoms with Gasteiger partial charge in [-0.05, 0) is 78.6 Å². The number of hydrogen-bond donors (Lipinski definition) is 1. The molecule has 4 aromatic carbocycles. The van der Waals surface area contributed by atoms with Crippen molar-refractivity contribution in [2.45, 2.75) is 51.2 Å². The summed E-state index contributed by atoms with van der Waals surface area (Å²) in [7, 11) is 0. The Bertz CT molecular complexity index is 1760. The summed E-state index contributed by atoms with van der Waals surface area (Å²) in [4.78, 5) is 32.6. The standard InChI is InChI=1S/C35H31Cl2N3O3/c36-28-11-4-7-23(17-28)21-39(22-24-8-5-12-29(37)18-24)34(41)26-10-6-9-25(19-26)33-38-31-20-27(35(42)43)15-16-32(31)40(33)30-13-2-1-3-14-30/h4-12,15-20,30H,1-3,13-14,21-22H2,(H,42,43). The average Bonchev–Trinajstić information content (AvgIpc) is 3.40. The minimum absolute atomic E-state index is 0.129. The fourth-order valence-electron chi connectivity index (χ4n) is 6.03. The van der Waals surface area contributed by atoms with Gasteiger partial charge in [0.2, 0.25) is 0 Å². The van der Waals surface area contributed by atoms with E-state index < -0.39 is 5.97 Å². The van der Waals surface area contributed by atoms with Crippen molar-refractivity contribution < 1.29 is 14.7 Å². The van der Waals surface area contributed by atoms with Crippen LogP contribution in [-0.2, 0) is 13.1 Å². The molecule has 1 aromatic heterocycles. The number of imidazole rings is 1. The second kappa shape index (κ2) is 12.6. The lowest BCUT2D eigenvalue weighted by molar-refractivity contribution is 0.0695. The first-order chi connectivity index (χ1) is 20.9. The monoisotopic (exact) mass is 611 g/mol. The Balaban J connectivity index is 1.40. The van der Waals surface area contributed by atoms with Gasteiger partial charge in [-0.1, -0.05) is 78.9 Å². The van der Waals surface area contributed by atoms with Crippen LogP contribution in [0.4, 0.5) is 0 Å². The quantitative estimate of drug-likeness (QED) is 0.190. The van der Waals surface area contributed by atoms with Crippen molar-refractivity contribution in [1.82, 2.24) is 14.5 Å². The second-order valence-corrected chi connectivity index (χ2v) is 12.0. The van der Waals surface area contributed by atoms with E-state index in [2.05, 4.69) is 4.57 Å². The van der Waals surface area contributed by atoms with Crippen LogP contribution in [0, 0.1) is 0 Å². The number of amides is 1. The maximum absolute atomic E-state index is 14.2. The summed E-state index contributed by atoms with van der Waals surface area (Å²) >= 11 is 12.5. The van der Waals surface area contributed by atoms with Gasteiger partial charge >= 0.3 is 5.97 Å². The van der Waals surface area contributed by atoms with Crippen LogP contribution in [0.15, 0.2) is 91.0 Å². The summed E-state index contributed by atoms with van der Waals surface area (Å²) in [6.45, 7) is 0.739. The Morgan fingerprint density at radius 2 is 1.44 bits per heavy atom. The van der Waals surface area contributed by atoms with Gasteiger partial charge in [0.1, 0.15) is 5.82 Å². The lowest BCUT2D eigenvalue weighted by atomic mass is 9.94. The lowest BCUT2D eigenvalue weighted by Crippen LogP contribution is -2.30. The molecular formula is C35H31Cl2N3O3. The van der Waals surface area contributed by atoms with Crippen molar-refractivity contribution in [3.05, 3.63) is 123 Å². The van der Waals surface area contributed by atoms with E-state index >= 15 is 0 Å². The van der Waals surface area contributed by atoms with Crippen LogP contribution >= 0.6 is 23.2 Å². The summed E-state index contributed by atoms with van der Waals surface area (Å²) in [6.07, 6.45) is 5.55. The molecule has 1 heterocycles. The van der Waals surface area contributed by atoms with Gasteiger partial charge in [0, 0.05) is 40.3 Å². The summed E-state index contributed by atoms with van der Waals surface area (Å²) in [6, 6.07) is 28.0. The van der Waals surface area contributed by atoms with Crippen molar-refractivity contribution in [3.63, 3.8) is 0 Å². The van der Waals surface area contributed by atoms with Gasteiger partial charge in [-0.2, -0.15) is 0 Å². The number of carboxylic acids is 1. The first kappa shape index (κ1) is 29.0. The van der Waals surface area contributed by atoms with Gasteiger partial charge in [-0.15, -0.1) is 0 Å². The normalized spacial score (nSPS) is 13.7. The van der Waals surface area contributed by atoms with E-state index in [0.29, 0.717) is 34.2 Å². The number of nitrogens with zero attached hydrogens (tertiary/aromatic N) is 3. The van der Waals surface area contributed by atoms with E-state index in [1.807, 2.05) is 78.9 Å². The van der Waals surface area contributed by atoms with Gasteiger partial charge in [-0.25, -0.2) is 9.78 Å². The van der Waals surface area contributed by atoms with Crippen LogP contribution in [0.3, 0.4) is 0 Å². The van der Waals surface area contributed by atoms with Crippen LogP contribution < -0.4 is 0 Å². The Hall–Kier alpha value is -4.13. The summed E-state index contributed by atoms with van der Waals surface area (Å²) in [5.41, 5.74) is 4.95. The number of benzene rings is 4. The third-order valence-corrected chi connectivity index (χ3v) is 8.53. The molecule has 1 fully saturated rings. The number of carbonyl (C=O) groups is 2. The number of carbonyl (C=O) groups excluding carboxylic acids is 1. The molecule has 0 radical (unpaired) electrons. The molecule has 1 saturated carbocycles. The molecule has 218 valence electrons. The molecule has 0 spiro atoms. The van der Waals surface area contributed by atoms with Gasteiger partial charge in [0.15, 0.2) is 0 Å². The Morgan fingerprint density at radius 3 is 2.07 bits per heavy atom. The molecule has 0 bridgehead atoms. The zero-order valence-corrected chi connectivity index (χ0v) is 25.1. The first-order valence-electron chi connectivity index (χ1n) is 14.5. The maximum Gasteiger partial charge on any atom is 0.335 e. The van der Waals surface area contributed by atoms with Gasteiger partial charge in [0.25, 0.3) is 5.91 Å². The Labute approximate surface area is 260 Å². The lowest BCUT2D eigenvalue weighted by Gasteiger charge is -2.26. The molecular weight excluding hydrogens is 581 g/mol. The Morgan fingerprint density at radius 1 is 0.791 bits per heavy atom. The fraction of sp³-hybridized carbons (Fsp3) is 0.229. The summed E-state index contributed by atoms with van der Waals surface area (Å²) in [5.74, 6) is -0.367. The molecule has 1 N–H and O–H groups in total. The predicted octanol–water partition coefficient (Wildman–Crippen LogP) is 9.06. The average molecular weight is 613 g/mol. The van der Waals surface area contributed by atoms with Gasteiger partial charge in [0.05, 0.1) is 16.6 Å². The highest BCUT2D eigenvalue weighted by Crippen LogP contribution is 2.36. The maximum atomic E-state index is 14.2. The van der Waals surface area contributed by atoms with E-state index in [-0.39, 0.29) is 17.5 Å². The van der Waals surface area contributed by atoms with Crippen LogP contribution in [0.2, 0.25) is 10.0 Å². The number of halogens is 2. The molecule has 6 rings (SSSR count). The van der Waals surface area contributed by atoms with E-state index in [9.17, 15) is 14.7 Å². The number of aromatic nitrogens is 2. The number of aromatic carboxylic acids is 1. The topological polar surface area (TPSA) is 75.4 Å². The molecule has 8 heteroatoms. The van der Waals surface area contributed by atoms with Gasteiger partial charge in [-0.3, -0.25) is 4.79 Å². The largest absolute Gasteiger partial charge is 0.478 e. The van der Waals surface area contributed by atoms with Crippen LogP contribution in [0.25, 0.3) is 22.4 Å². The van der Waals surface area contributed by atoms with Crippen molar-refractivity contribution in [1.29, 1.82) is 0 Å². The molecule has 1 aliphatic carbocycles. The minimum Gasteiger partial charge on any atom is -0.478 e. The van der Waals surface area contributed by atoms with Crippen molar-refractivity contribution in [3.8, 4) is 11.4 Å². The number of hydrogen-bond acceptors (Lipinski definition) is 3. The highest BCUT2D eigenvalue weighted by atomic mass is 35.5. The number of rotatable bonds is 8. The van der Waals surface area contributed by atoms with E-state index in [1.165, 1.54) is 6.42 Å². The molecule has 0 saturated heterocycles. The third-order valence-electron chi connectivity index (χ3n) is 8.06. The van der Waals surface area contributed by atoms with Crippen molar-refractivity contribution in [2.24, 2.45) is 0 Å². The molecule has 5 aromatic rings. The smallest absolute Gasteiger partial charge is 0.335 e. The fourth-order valence-corrected chi connectivity index (χ4v) is 6.45. The molecule has 0 aliphatic heterocycles. The molecule has 43 heavy (non-hydrogen) atoms. The SMILES string of the molecule is O=C(O)c1ccc2c(c1)nc(-c1cccc(C(=O)N(Cc3cccc(Cl)c3)Cc3cccc(Cl)c3)c1)n2C1CCCCC1. The first-order valence-corrected chi connectivity index (χ1v) is 15.3. The number of fused-ring (bicyclic) bond motifs is 1. The zero-order chi connectivity index (χ0) is 29.9. The summed E-state index contributed by atoms with van der Waals surface area (Å²) < 4.78 is 2.25. The third kappa shape index (κ3) is 6.46. The van der Waals surface area contributed by atoms with E-state index in [4.69, 9.17) is 28.2 Å². The van der Waals surface area contributed by atoms with Gasteiger partial charge < -0.3 is 14.6 Å². The second-order valence-electron chi connectivity index (χ2n) is 11.1. The molecule has 6 nitrogen and oxygen atoms in total. The van der Waals surface area contributed by atoms with E-state index in [0.717, 1.165) is 53.7 Å². The minimum atomic E-state index is -0.984. The number of carboxylic acid groups (broad SMARTS) is 1. The molecule has 1 amide bonds. The van der Waals surface area contributed by atoms with E-state index in [1.54, 1.807) is 17.0 Å². The molecule has 0 unspecified atom stereocenters. The predicted molar refractivity (Wildman–Crippen MR) is 171 cm³/mol. The highest BCUT2D eigenvalue weighted by molar-refractivity contribution is 6.30. The molecule has 1 aliphatic rings. The molecule has 0 atom stereocenters. The zero-order valence-electron chi connectivity index (χ0n) is 23.5. The van der Waals surface area contributed by atoms with Crippen molar-refractivity contribution in [2.75, 3.05) is 0 Å². The van der Waals surface area contributed by atoms with Crippen LogP contribution in [0.5, 0.6) is 0 Å².